The lowest BCUT2D eigenvalue weighted by molar-refractivity contribution is -0.124. The second kappa shape index (κ2) is 6.77. The fourth-order valence-electron chi connectivity index (χ4n) is 2.13. The summed E-state index contributed by atoms with van der Waals surface area (Å²) in [6.07, 6.45) is 0. The van der Waals surface area contributed by atoms with Gasteiger partial charge in [-0.2, -0.15) is 0 Å². The fraction of sp³-hybridized carbons (Fsp3) is 0.400. The number of carbonyl (C=O) groups excluding carboxylic acids is 1. The fourth-order valence-corrected chi connectivity index (χ4v) is 2.13. The third-order valence-corrected chi connectivity index (χ3v) is 3.43. The number of hydrogen-bond acceptors (Lipinski definition) is 3. The third-order valence-electron chi connectivity index (χ3n) is 3.43. The van der Waals surface area contributed by atoms with Crippen LogP contribution in [-0.4, -0.2) is 12.5 Å². The number of para-hydroxylation sites is 1. The first kappa shape index (κ1) is 16.5. The molecule has 0 saturated carbocycles. The number of benzene rings is 1. The molecule has 110 valence electrons. The molecule has 20 heavy (non-hydrogen) atoms. The molecule has 0 spiro atoms. The lowest BCUT2D eigenvalue weighted by atomic mass is 10.1. The van der Waals surface area contributed by atoms with E-state index in [1.165, 1.54) is 0 Å². The van der Waals surface area contributed by atoms with Gasteiger partial charge in [0.15, 0.2) is 0 Å². The van der Waals surface area contributed by atoms with Crippen LogP contribution in [-0.2, 0) is 4.79 Å². The van der Waals surface area contributed by atoms with E-state index < -0.39 is 0 Å². The molecule has 2 unspecified atom stereocenters. The Morgan fingerprint density at radius 3 is 2.60 bits per heavy atom. The second-order valence-corrected chi connectivity index (χ2v) is 4.95. The Hall–Kier alpha value is -1.52. The second-order valence-electron chi connectivity index (χ2n) is 4.95. The molecular formula is C15H21ClN2O2. The molecule has 0 aliphatic heterocycles. The molecule has 2 atom stereocenters. The van der Waals surface area contributed by atoms with Gasteiger partial charge in [0.25, 0.3) is 0 Å². The van der Waals surface area contributed by atoms with Gasteiger partial charge in [-0.05, 0) is 19.9 Å². The van der Waals surface area contributed by atoms with Gasteiger partial charge >= 0.3 is 0 Å². The van der Waals surface area contributed by atoms with Crippen molar-refractivity contribution >= 4 is 29.3 Å². The number of nitrogens with two attached hydrogens (primary N) is 1. The van der Waals surface area contributed by atoms with Crippen LogP contribution in [0.5, 0.6) is 0 Å². The van der Waals surface area contributed by atoms with Gasteiger partial charge in [0, 0.05) is 23.4 Å². The molecule has 2 aromatic rings. The van der Waals surface area contributed by atoms with Gasteiger partial charge in [-0.15, -0.1) is 12.4 Å². The number of nitrogens with one attached hydrogen (secondary N) is 1. The highest BCUT2D eigenvalue weighted by atomic mass is 35.5. The summed E-state index contributed by atoms with van der Waals surface area (Å²) in [5.41, 5.74) is 7.42. The van der Waals surface area contributed by atoms with Crippen LogP contribution >= 0.6 is 12.4 Å². The number of aryl methyl sites for hydroxylation is 1. The van der Waals surface area contributed by atoms with Gasteiger partial charge in [0.1, 0.15) is 11.3 Å². The minimum atomic E-state index is -0.188. The van der Waals surface area contributed by atoms with Crippen molar-refractivity contribution in [2.75, 3.05) is 6.54 Å². The molecule has 0 aliphatic carbocycles. The van der Waals surface area contributed by atoms with Crippen LogP contribution in [0.1, 0.15) is 31.2 Å². The molecule has 0 saturated heterocycles. The van der Waals surface area contributed by atoms with Crippen molar-refractivity contribution in [2.24, 2.45) is 11.7 Å². The summed E-state index contributed by atoms with van der Waals surface area (Å²) in [6.45, 7) is 6.09. The van der Waals surface area contributed by atoms with Gasteiger partial charge in [-0.1, -0.05) is 25.1 Å². The molecule has 4 nitrogen and oxygen atoms in total. The smallest absolute Gasteiger partial charge is 0.224 e. The van der Waals surface area contributed by atoms with Crippen molar-refractivity contribution in [1.29, 1.82) is 0 Å². The van der Waals surface area contributed by atoms with Crippen molar-refractivity contribution in [3.63, 3.8) is 0 Å². The molecule has 1 aromatic carbocycles. The Morgan fingerprint density at radius 1 is 1.35 bits per heavy atom. The van der Waals surface area contributed by atoms with Crippen molar-refractivity contribution in [3.05, 3.63) is 35.6 Å². The van der Waals surface area contributed by atoms with E-state index in [-0.39, 0.29) is 30.3 Å². The molecule has 1 heterocycles. The zero-order valence-electron chi connectivity index (χ0n) is 12.0. The summed E-state index contributed by atoms with van der Waals surface area (Å²) in [4.78, 5) is 11.9. The van der Waals surface area contributed by atoms with E-state index in [0.29, 0.717) is 6.54 Å². The number of halogens is 1. The molecule has 5 heteroatoms. The first-order chi connectivity index (χ1) is 9.04. The minimum Gasteiger partial charge on any atom is -0.459 e. The van der Waals surface area contributed by atoms with Gasteiger partial charge in [-0.25, -0.2) is 0 Å². The summed E-state index contributed by atoms with van der Waals surface area (Å²) in [5.74, 6) is 0.570. The summed E-state index contributed by atoms with van der Waals surface area (Å²) >= 11 is 0. The average molecular weight is 297 g/mol. The van der Waals surface area contributed by atoms with Crippen LogP contribution in [0.15, 0.2) is 28.7 Å². The maximum atomic E-state index is 11.9. The molecule has 0 bridgehead atoms. The highest BCUT2D eigenvalue weighted by Gasteiger charge is 2.20. The number of fused-ring (bicyclic) bond motifs is 1. The standard InChI is InChI=1S/C15H20N2O2.ClH/c1-9(8-16)15(18)17-11(3)14-10(2)12-6-4-5-7-13(12)19-14;/h4-7,9,11H,8,16H2,1-3H3,(H,17,18);1H. The molecule has 0 aliphatic rings. The Kier molecular flexibility index (Phi) is 5.60. The zero-order valence-corrected chi connectivity index (χ0v) is 12.8. The Balaban J connectivity index is 0.00000200. The Labute approximate surface area is 125 Å². The maximum Gasteiger partial charge on any atom is 0.224 e. The topological polar surface area (TPSA) is 68.3 Å². The average Bonchev–Trinajstić information content (AvgIpc) is 2.75. The minimum absolute atomic E-state index is 0. The quantitative estimate of drug-likeness (QED) is 0.911. The first-order valence-electron chi connectivity index (χ1n) is 6.53. The van der Waals surface area contributed by atoms with Crippen LogP contribution in [0.3, 0.4) is 0 Å². The van der Waals surface area contributed by atoms with E-state index in [9.17, 15) is 4.79 Å². The van der Waals surface area contributed by atoms with Crippen molar-refractivity contribution in [2.45, 2.75) is 26.8 Å². The molecular weight excluding hydrogens is 276 g/mol. The van der Waals surface area contributed by atoms with E-state index in [2.05, 4.69) is 5.32 Å². The lowest BCUT2D eigenvalue weighted by Gasteiger charge is -2.15. The summed E-state index contributed by atoms with van der Waals surface area (Å²) in [6, 6.07) is 7.72. The van der Waals surface area contributed by atoms with Crippen LogP contribution in [0.25, 0.3) is 11.0 Å². The normalized spacial score (nSPS) is 13.6. The monoisotopic (exact) mass is 296 g/mol. The molecule has 2 rings (SSSR count). The van der Waals surface area contributed by atoms with Gasteiger partial charge < -0.3 is 15.5 Å². The van der Waals surface area contributed by atoms with Crippen LogP contribution in [0.2, 0.25) is 0 Å². The van der Waals surface area contributed by atoms with Gasteiger partial charge in [0.05, 0.1) is 6.04 Å². The number of amides is 1. The van der Waals surface area contributed by atoms with Crippen molar-refractivity contribution < 1.29 is 9.21 Å². The number of carbonyl (C=O) groups is 1. The van der Waals surface area contributed by atoms with Gasteiger partial charge in [0.2, 0.25) is 5.91 Å². The maximum absolute atomic E-state index is 11.9. The van der Waals surface area contributed by atoms with Crippen molar-refractivity contribution in [3.8, 4) is 0 Å². The summed E-state index contributed by atoms with van der Waals surface area (Å²) in [7, 11) is 0. The number of furan rings is 1. The van der Waals surface area contributed by atoms with E-state index in [4.69, 9.17) is 10.2 Å². The van der Waals surface area contributed by atoms with Crippen LogP contribution in [0, 0.1) is 12.8 Å². The van der Waals surface area contributed by atoms with Crippen LogP contribution < -0.4 is 11.1 Å². The predicted molar refractivity (Wildman–Crippen MR) is 83.0 cm³/mol. The molecule has 3 N–H and O–H groups in total. The van der Waals surface area contributed by atoms with E-state index in [0.717, 1.165) is 22.3 Å². The molecule has 1 aromatic heterocycles. The van der Waals surface area contributed by atoms with Gasteiger partial charge in [-0.3, -0.25) is 4.79 Å². The number of hydrogen-bond donors (Lipinski definition) is 2. The Bertz CT molecular complexity index is 595. The molecule has 0 radical (unpaired) electrons. The third kappa shape index (κ3) is 3.14. The molecule has 0 fully saturated rings. The van der Waals surface area contributed by atoms with E-state index in [1.54, 1.807) is 0 Å². The summed E-state index contributed by atoms with van der Waals surface area (Å²) < 4.78 is 5.83. The largest absolute Gasteiger partial charge is 0.459 e. The molecule has 1 amide bonds. The zero-order chi connectivity index (χ0) is 14.0. The first-order valence-corrected chi connectivity index (χ1v) is 6.53. The predicted octanol–water partition coefficient (Wildman–Crippen LogP) is 2.94. The van der Waals surface area contributed by atoms with Crippen molar-refractivity contribution in [1.82, 2.24) is 5.32 Å². The highest BCUT2D eigenvalue weighted by molar-refractivity contribution is 5.85. The number of rotatable bonds is 4. The lowest BCUT2D eigenvalue weighted by Crippen LogP contribution is -2.34. The summed E-state index contributed by atoms with van der Waals surface area (Å²) in [5, 5.41) is 4.02. The SMILES string of the molecule is Cc1c(C(C)NC(=O)C(C)CN)oc2ccccc12.Cl. The van der Waals surface area contributed by atoms with E-state index in [1.807, 2.05) is 45.0 Å². The Morgan fingerprint density at radius 2 is 2.00 bits per heavy atom. The van der Waals surface area contributed by atoms with Crippen LogP contribution in [0.4, 0.5) is 0 Å². The highest BCUT2D eigenvalue weighted by Crippen LogP contribution is 2.29. The van der Waals surface area contributed by atoms with E-state index >= 15 is 0 Å².